The number of nitriles is 1. The van der Waals surface area contributed by atoms with Crippen molar-refractivity contribution in [3.8, 4) is 6.07 Å². The van der Waals surface area contributed by atoms with Crippen LogP contribution in [0.2, 0.25) is 0 Å². The van der Waals surface area contributed by atoms with Gasteiger partial charge in [0.15, 0.2) is 0 Å². The lowest BCUT2D eigenvalue weighted by Crippen LogP contribution is -2.51. The quantitative estimate of drug-likeness (QED) is 0.573. The van der Waals surface area contributed by atoms with Gasteiger partial charge in [-0.15, -0.1) is 0 Å². The highest BCUT2D eigenvalue weighted by Gasteiger charge is 2.40. The van der Waals surface area contributed by atoms with Crippen LogP contribution in [0.3, 0.4) is 0 Å². The van der Waals surface area contributed by atoms with E-state index in [4.69, 9.17) is 0 Å². The molecule has 2 aliphatic carbocycles. The lowest BCUT2D eigenvalue weighted by molar-refractivity contribution is -0.141. The summed E-state index contributed by atoms with van der Waals surface area (Å²) in [4.78, 5) is 53.7. The van der Waals surface area contributed by atoms with Crippen LogP contribution in [0.1, 0.15) is 38.5 Å². The van der Waals surface area contributed by atoms with Gasteiger partial charge in [0, 0.05) is 25.2 Å². The standard InChI is InChI=1S/C25H31N5O4/c1-29(25(34)21(11-16-7-8-16)28-23(32)17-9-10-17)15-22(31)30-14-18(12-20(30)13-26)24(33)27-19-5-3-2-4-6-19/h2-6,16-18,20-21H,7-12,14-15H2,1H3,(H,27,33)(H,28,32). The van der Waals surface area contributed by atoms with Crippen molar-refractivity contribution in [2.45, 2.75) is 50.6 Å². The second kappa shape index (κ2) is 10.2. The number of hydrogen-bond donors (Lipinski definition) is 2. The minimum atomic E-state index is -0.723. The summed E-state index contributed by atoms with van der Waals surface area (Å²) in [6.07, 6.45) is 4.65. The van der Waals surface area contributed by atoms with Gasteiger partial charge >= 0.3 is 0 Å². The number of carbonyl (C=O) groups is 4. The lowest BCUT2D eigenvalue weighted by atomic mass is 10.1. The van der Waals surface area contributed by atoms with Crippen LogP contribution in [0.25, 0.3) is 0 Å². The molecule has 4 amide bonds. The summed E-state index contributed by atoms with van der Waals surface area (Å²) in [6.45, 7) is -0.0772. The van der Waals surface area contributed by atoms with E-state index < -0.39 is 18.0 Å². The van der Waals surface area contributed by atoms with E-state index in [9.17, 15) is 24.4 Å². The van der Waals surface area contributed by atoms with Crippen molar-refractivity contribution in [1.29, 1.82) is 5.26 Å². The Kier molecular flexibility index (Phi) is 7.15. The first-order valence-electron chi connectivity index (χ1n) is 12.0. The van der Waals surface area contributed by atoms with Crippen LogP contribution >= 0.6 is 0 Å². The molecule has 1 saturated heterocycles. The molecule has 9 heteroatoms. The maximum atomic E-state index is 13.1. The van der Waals surface area contributed by atoms with E-state index in [0.717, 1.165) is 25.7 Å². The Morgan fingerprint density at radius 2 is 1.79 bits per heavy atom. The summed E-state index contributed by atoms with van der Waals surface area (Å²) in [5.74, 6) is -1.07. The summed E-state index contributed by atoms with van der Waals surface area (Å²) in [6, 6.07) is 9.79. The third-order valence-corrected chi connectivity index (χ3v) is 6.76. The predicted octanol–water partition coefficient (Wildman–Crippen LogP) is 1.52. The third-order valence-electron chi connectivity index (χ3n) is 6.76. The number of amides is 4. The molecule has 1 heterocycles. The molecule has 1 aromatic carbocycles. The van der Waals surface area contributed by atoms with Gasteiger partial charge < -0.3 is 20.4 Å². The van der Waals surface area contributed by atoms with Gasteiger partial charge in [-0.2, -0.15) is 5.26 Å². The van der Waals surface area contributed by atoms with E-state index in [2.05, 4.69) is 16.7 Å². The Hall–Kier alpha value is -3.41. The monoisotopic (exact) mass is 465 g/mol. The van der Waals surface area contributed by atoms with E-state index in [-0.39, 0.29) is 49.1 Å². The van der Waals surface area contributed by atoms with E-state index >= 15 is 0 Å². The average Bonchev–Trinajstić information content (AvgIpc) is 3.76. The number of rotatable bonds is 9. The Bertz CT molecular complexity index is 983. The zero-order valence-corrected chi connectivity index (χ0v) is 19.4. The van der Waals surface area contributed by atoms with Gasteiger partial charge in [0.2, 0.25) is 23.6 Å². The molecule has 0 radical (unpaired) electrons. The normalized spacial score (nSPS) is 22.4. The number of anilines is 1. The maximum absolute atomic E-state index is 13.1. The second-order valence-corrected chi connectivity index (χ2v) is 9.69. The van der Waals surface area contributed by atoms with Gasteiger partial charge in [-0.3, -0.25) is 19.2 Å². The van der Waals surface area contributed by atoms with Gasteiger partial charge in [-0.25, -0.2) is 0 Å². The van der Waals surface area contributed by atoms with Crippen LogP contribution in [0.4, 0.5) is 5.69 Å². The number of benzene rings is 1. The van der Waals surface area contributed by atoms with Crippen molar-refractivity contribution in [3.63, 3.8) is 0 Å². The zero-order chi connectivity index (χ0) is 24.2. The minimum Gasteiger partial charge on any atom is -0.344 e. The predicted molar refractivity (Wildman–Crippen MR) is 124 cm³/mol. The largest absolute Gasteiger partial charge is 0.344 e. The Labute approximate surface area is 199 Å². The smallest absolute Gasteiger partial charge is 0.245 e. The van der Waals surface area contributed by atoms with E-state index in [1.54, 1.807) is 19.2 Å². The number of hydrogen-bond acceptors (Lipinski definition) is 5. The highest BCUT2D eigenvalue weighted by Crippen LogP contribution is 2.35. The molecule has 4 rings (SSSR count). The molecule has 180 valence electrons. The first-order chi connectivity index (χ1) is 16.4. The summed E-state index contributed by atoms with van der Waals surface area (Å²) in [5.41, 5.74) is 0.658. The molecule has 9 nitrogen and oxygen atoms in total. The molecule has 34 heavy (non-hydrogen) atoms. The SMILES string of the molecule is CN(CC(=O)N1CC(C(=O)Nc2ccccc2)CC1C#N)C(=O)C(CC1CC1)NC(=O)C1CC1. The average molecular weight is 466 g/mol. The molecular formula is C25H31N5O4. The molecule has 3 fully saturated rings. The highest BCUT2D eigenvalue weighted by molar-refractivity contribution is 5.94. The van der Waals surface area contributed by atoms with Crippen molar-refractivity contribution < 1.29 is 19.2 Å². The summed E-state index contributed by atoms with van der Waals surface area (Å²) in [5, 5.41) is 15.3. The molecule has 1 aliphatic heterocycles. The van der Waals surface area contributed by atoms with Crippen LogP contribution < -0.4 is 10.6 Å². The number of likely N-dealkylation sites (tertiary alicyclic amines) is 1. The fourth-order valence-electron chi connectivity index (χ4n) is 4.37. The number of carbonyl (C=O) groups excluding carboxylic acids is 4. The Morgan fingerprint density at radius 1 is 1.09 bits per heavy atom. The summed E-state index contributed by atoms with van der Waals surface area (Å²) >= 11 is 0. The van der Waals surface area contributed by atoms with Gasteiger partial charge in [0.25, 0.3) is 0 Å². The highest BCUT2D eigenvalue weighted by atomic mass is 16.2. The van der Waals surface area contributed by atoms with Crippen LogP contribution in [0.15, 0.2) is 30.3 Å². The topological polar surface area (TPSA) is 123 Å². The molecule has 2 N–H and O–H groups in total. The van der Waals surface area contributed by atoms with Gasteiger partial charge in [-0.05, 0) is 43.7 Å². The Balaban J connectivity index is 1.34. The van der Waals surface area contributed by atoms with Gasteiger partial charge in [-0.1, -0.05) is 31.0 Å². The lowest BCUT2D eigenvalue weighted by Gasteiger charge is -2.27. The Morgan fingerprint density at radius 3 is 2.41 bits per heavy atom. The number of likely N-dealkylation sites (N-methyl/N-ethyl adjacent to an activating group) is 1. The van der Waals surface area contributed by atoms with Crippen molar-refractivity contribution in [3.05, 3.63) is 30.3 Å². The van der Waals surface area contributed by atoms with Crippen LogP contribution in [0, 0.1) is 29.1 Å². The number of nitrogens with one attached hydrogen (secondary N) is 2. The third kappa shape index (κ3) is 5.93. The summed E-state index contributed by atoms with van der Waals surface area (Å²) < 4.78 is 0. The molecule has 0 spiro atoms. The number of nitrogens with zero attached hydrogens (tertiary/aromatic N) is 3. The molecule has 3 unspecified atom stereocenters. The first kappa shape index (κ1) is 23.7. The molecule has 3 atom stereocenters. The van der Waals surface area contributed by atoms with Crippen molar-refractivity contribution in [2.24, 2.45) is 17.8 Å². The fraction of sp³-hybridized carbons (Fsp3) is 0.560. The molecule has 0 aromatic heterocycles. The maximum Gasteiger partial charge on any atom is 0.245 e. The van der Waals surface area contributed by atoms with Crippen molar-refractivity contribution >= 4 is 29.3 Å². The first-order valence-corrected chi connectivity index (χ1v) is 12.0. The van der Waals surface area contributed by atoms with Crippen LogP contribution in [-0.4, -0.2) is 65.6 Å². The molecule has 3 aliphatic rings. The van der Waals surface area contributed by atoms with Gasteiger partial charge in [0.05, 0.1) is 18.5 Å². The van der Waals surface area contributed by atoms with Gasteiger partial charge in [0.1, 0.15) is 12.1 Å². The van der Waals surface area contributed by atoms with E-state index in [1.165, 1.54) is 9.80 Å². The fourth-order valence-corrected chi connectivity index (χ4v) is 4.37. The van der Waals surface area contributed by atoms with Crippen LogP contribution in [0.5, 0.6) is 0 Å². The number of para-hydroxylation sites is 1. The molecule has 1 aromatic rings. The molecular weight excluding hydrogens is 434 g/mol. The summed E-state index contributed by atoms with van der Waals surface area (Å²) in [7, 11) is 1.54. The minimum absolute atomic E-state index is 0.00129. The second-order valence-electron chi connectivity index (χ2n) is 9.69. The molecule has 0 bridgehead atoms. The zero-order valence-electron chi connectivity index (χ0n) is 19.4. The van der Waals surface area contributed by atoms with Crippen LogP contribution in [-0.2, 0) is 19.2 Å². The van der Waals surface area contributed by atoms with E-state index in [0.29, 0.717) is 18.0 Å². The van der Waals surface area contributed by atoms with E-state index in [1.807, 2.05) is 18.2 Å². The van der Waals surface area contributed by atoms with Crippen molar-refractivity contribution in [2.75, 3.05) is 25.5 Å². The van der Waals surface area contributed by atoms with Crippen molar-refractivity contribution in [1.82, 2.24) is 15.1 Å². The molecule has 2 saturated carbocycles.